The summed E-state index contributed by atoms with van der Waals surface area (Å²) in [6, 6.07) is 1.64. The summed E-state index contributed by atoms with van der Waals surface area (Å²) in [5.74, 6) is 5.31. The van der Waals surface area contributed by atoms with Crippen LogP contribution in [-0.2, 0) is 0 Å². The van der Waals surface area contributed by atoms with Gasteiger partial charge in [-0.25, -0.2) is 10.8 Å². The third-order valence-electron chi connectivity index (χ3n) is 3.75. The lowest BCUT2D eigenvalue weighted by atomic mass is 9.82. The van der Waals surface area contributed by atoms with E-state index in [0.29, 0.717) is 35.5 Å². The Hall–Kier alpha value is -1.02. The Morgan fingerprint density at radius 3 is 2.57 bits per heavy atom. The molecule has 1 saturated carbocycles. The molecule has 8 heteroatoms. The molecule has 1 aromatic rings. The second kappa shape index (κ2) is 6.83. The predicted molar refractivity (Wildman–Crippen MR) is 76.7 cm³/mol. The van der Waals surface area contributed by atoms with Crippen molar-refractivity contribution in [2.24, 2.45) is 17.7 Å². The van der Waals surface area contributed by atoms with Gasteiger partial charge in [0.2, 0.25) is 0 Å². The SMILES string of the molecule is NNc1cc(OC[C@H]2CC[C@H](C(F)(F)F)CC2)c(Br)cn1. The number of pyridine rings is 1. The third kappa shape index (κ3) is 4.47. The maximum absolute atomic E-state index is 12.6. The first-order chi connectivity index (χ1) is 9.90. The van der Waals surface area contributed by atoms with Crippen LogP contribution >= 0.6 is 15.9 Å². The molecule has 0 spiro atoms. The number of nitrogens with zero attached hydrogens (tertiary/aromatic N) is 1. The highest BCUT2D eigenvalue weighted by atomic mass is 79.9. The summed E-state index contributed by atoms with van der Waals surface area (Å²) in [4.78, 5) is 4.00. The van der Waals surface area contributed by atoms with Crippen molar-refractivity contribution in [2.75, 3.05) is 12.0 Å². The molecule has 0 aliphatic heterocycles. The number of rotatable bonds is 4. The fraction of sp³-hybridized carbons (Fsp3) is 0.615. The van der Waals surface area contributed by atoms with Crippen LogP contribution in [0.4, 0.5) is 19.0 Å². The second-order valence-electron chi connectivity index (χ2n) is 5.21. The average Bonchev–Trinajstić information content (AvgIpc) is 2.46. The lowest BCUT2D eigenvalue weighted by molar-refractivity contribution is -0.184. The van der Waals surface area contributed by atoms with E-state index in [-0.39, 0.29) is 18.8 Å². The molecule has 0 amide bonds. The molecule has 1 aliphatic rings. The van der Waals surface area contributed by atoms with Crippen LogP contribution in [0, 0.1) is 11.8 Å². The summed E-state index contributed by atoms with van der Waals surface area (Å²) < 4.78 is 44.1. The van der Waals surface area contributed by atoms with Gasteiger partial charge < -0.3 is 10.2 Å². The molecule has 118 valence electrons. The van der Waals surface area contributed by atoms with Gasteiger partial charge in [-0.3, -0.25) is 0 Å². The number of ether oxygens (including phenoxy) is 1. The normalized spacial score (nSPS) is 22.9. The summed E-state index contributed by atoms with van der Waals surface area (Å²) in [6.45, 7) is 0.400. The van der Waals surface area contributed by atoms with Gasteiger partial charge in [0.15, 0.2) is 0 Å². The molecule has 21 heavy (non-hydrogen) atoms. The summed E-state index contributed by atoms with van der Waals surface area (Å²) in [5.41, 5.74) is 2.42. The van der Waals surface area contributed by atoms with Crippen LogP contribution in [0.15, 0.2) is 16.7 Å². The zero-order valence-corrected chi connectivity index (χ0v) is 12.9. The zero-order valence-electron chi connectivity index (χ0n) is 11.3. The van der Waals surface area contributed by atoms with Crippen molar-refractivity contribution in [2.45, 2.75) is 31.9 Å². The van der Waals surface area contributed by atoms with Gasteiger partial charge in [-0.1, -0.05) is 0 Å². The van der Waals surface area contributed by atoms with Crippen molar-refractivity contribution in [1.82, 2.24) is 4.98 Å². The largest absolute Gasteiger partial charge is 0.492 e. The molecule has 0 atom stereocenters. The van der Waals surface area contributed by atoms with Crippen molar-refractivity contribution >= 4 is 21.7 Å². The molecule has 4 nitrogen and oxygen atoms in total. The Morgan fingerprint density at radius 1 is 1.33 bits per heavy atom. The quantitative estimate of drug-likeness (QED) is 0.626. The second-order valence-corrected chi connectivity index (χ2v) is 6.07. The smallest absolute Gasteiger partial charge is 0.391 e. The standard InChI is InChI=1S/C13H17BrF3N3O/c14-10-6-19-12(20-18)5-11(10)21-7-8-1-3-9(4-2-8)13(15,16)17/h5-6,8-9H,1-4,7,18H2,(H,19,20)/t8-,9-. The fourth-order valence-corrected chi connectivity index (χ4v) is 2.81. The first-order valence-corrected chi connectivity index (χ1v) is 7.51. The lowest BCUT2D eigenvalue weighted by Crippen LogP contribution is -2.29. The van der Waals surface area contributed by atoms with Crippen molar-refractivity contribution < 1.29 is 17.9 Å². The van der Waals surface area contributed by atoms with Crippen molar-refractivity contribution in [3.05, 3.63) is 16.7 Å². The molecule has 0 unspecified atom stereocenters. The first-order valence-electron chi connectivity index (χ1n) is 6.72. The number of alkyl halides is 3. The number of aromatic nitrogens is 1. The van der Waals surface area contributed by atoms with E-state index in [0.717, 1.165) is 0 Å². The highest BCUT2D eigenvalue weighted by Crippen LogP contribution is 2.39. The zero-order chi connectivity index (χ0) is 15.5. The number of hydrogen-bond donors (Lipinski definition) is 2. The van der Waals surface area contributed by atoms with E-state index in [2.05, 4.69) is 26.3 Å². The lowest BCUT2D eigenvalue weighted by Gasteiger charge is -2.29. The molecule has 3 N–H and O–H groups in total. The van der Waals surface area contributed by atoms with E-state index in [1.54, 1.807) is 12.3 Å². The van der Waals surface area contributed by atoms with Gasteiger partial charge in [0.05, 0.1) is 17.0 Å². The Kier molecular flexibility index (Phi) is 5.32. The molecule has 1 aromatic heterocycles. The van der Waals surface area contributed by atoms with Gasteiger partial charge in [0, 0.05) is 12.3 Å². The van der Waals surface area contributed by atoms with Crippen molar-refractivity contribution in [1.29, 1.82) is 0 Å². The maximum Gasteiger partial charge on any atom is 0.391 e. The minimum absolute atomic E-state index is 0.151. The topological polar surface area (TPSA) is 60.2 Å². The molecular formula is C13H17BrF3N3O. The van der Waals surface area contributed by atoms with Gasteiger partial charge in [-0.2, -0.15) is 13.2 Å². The molecule has 1 aliphatic carbocycles. The maximum atomic E-state index is 12.6. The van der Waals surface area contributed by atoms with Crippen LogP contribution < -0.4 is 16.0 Å². The van der Waals surface area contributed by atoms with E-state index in [1.165, 1.54) is 0 Å². The molecule has 0 radical (unpaired) electrons. The molecule has 2 rings (SSSR count). The fourth-order valence-electron chi connectivity index (χ4n) is 2.47. The number of nitrogens with two attached hydrogens (primary N) is 1. The molecule has 1 fully saturated rings. The Labute approximate surface area is 129 Å². The van der Waals surface area contributed by atoms with Crippen LogP contribution in [0.1, 0.15) is 25.7 Å². The minimum atomic E-state index is -4.07. The number of anilines is 1. The number of hydrazine groups is 1. The molecule has 0 bridgehead atoms. The van der Waals surface area contributed by atoms with Crippen molar-refractivity contribution in [3.8, 4) is 5.75 Å². The van der Waals surface area contributed by atoms with E-state index in [9.17, 15) is 13.2 Å². The van der Waals surface area contributed by atoms with Gasteiger partial charge in [-0.15, -0.1) is 0 Å². The summed E-state index contributed by atoms with van der Waals surface area (Å²) >= 11 is 3.32. The first kappa shape index (κ1) is 16.4. The Balaban J connectivity index is 1.85. The van der Waals surface area contributed by atoms with Crippen LogP contribution in [0.2, 0.25) is 0 Å². The van der Waals surface area contributed by atoms with E-state index < -0.39 is 12.1 Å². The number of halogens is 4. The van der Waals surface area contributed by atoms with Gasteiger partial charge in [-0.05, 0) is 47.5 Å². The van der Waals surface area contributed by atoms with E-state index >= 15 is 0 Å². The average molecular weight is 368 g/mol. The predicted octanol–water partition coefficient (Wildman–Crippen LogP) is 3.88. The number of hydrogen-bond acceptors (Lipinski definition) is 4. The van der Waals surface area contributed by atoms with Crippen molar-refractivity contribution in [3.63, 3.8) is 0 Å². The van der Waals surface area contributed by atoms with Crippen LogP contribution in [0.5, 0.6) is 5.75 Å². The Bertz CT molecular complexity index is 476. The van der Waals surface area contributed by atoms with Crippen LogP contribution in [-0.4, -0.2) is 17.8 Å². The summed E-state index contributed by atoms with van der Waals surface area (Å²) in [6.07, 6.45) is -1.06. The van der Waals surface area contributed by atoms with Crippen LogP contribution in [0.25, 0.3) is 0 Å². The summed E-state index contributed by atoms with van der Waals surface area (Å²) in [7, 11) is 0. The third-order valence-corrected chi connectivity index (χ3v) is 4.35. The highest BCUT2D eigenvalue weighted by Gasteiger charge is 2.41. The highest BCUT2D eigenvalue weighted by molar-refractivity contribution is 9.10. The molecule has 0 aromatic carbocycles. The number of nitrogen functional groups attached to an aromatic ring is 1. The van der Waals surface area contributed by atoms with E-state index in [1.807, 2.05) is 0 Å². The van der Waals surface area contributed by atoms with E-state index in [4.69, 9.17) is 10.6 Å². The molecule has 1 heterocycles. The number of nitrogens with one attached hydrogen (secondary N) is 1. The van der Waals surface area contributed by atoms with Gasteiger partial charge >= 0.3 is 6.18 Å². The monoisotopic (exact) mass is 367 g/mol. The van der Waals surface area contributed by atoms with Crippen LogP contribution in [0.3, 0.4) is 0 Å². The van der Waals surface area contributed by atoms with Gasteiger partial charge in [0.25, 0.3) is 0 Å². The molecular weight excluding hydrogens is 351 g/mol. The minimum Gasteiger partial charge on any atom is -0.492 e. The summed E-state index contributed by atoms with van der Waals surface area (Å²) in [5, 5.41) is 0. The molecule has 0 saturated heterocycles. The Morgan fingerprint density at radius 2 is 2.00 bits per heavy atom. The van der Waals surface area contributed by atoms with Gasteiger partial charge in [0.1, 0.15) is 11.6 Å².